The molecule has 0 saturated heterocycles. The summed E-state index contributed by atoms with van der Waals surface area (Å²) in [5.41, 5.74) is -1.22. The Labute approximate surface area is 186 Å². The number of fused-ring (bicyclic) bond motifs is 2. The van der Waals surface area contributed by atoms with Crippen molar-refractivity contribution in [1.82, 2.24) is 19.7 Å². The number of halogens is 4. The molecule has 1 aliphatic rings. The molecule has 0 N–H and O–H groups in total. The molecule has 9 heteroatoms. The summed E-state index contributed by atoms with van der Waals surface area (Å²) in [6.45, 7) is -5.92. The largest absolute Gasteiger partial charge is 0.328 e. The van der Waals surface area contributed by atoms with E-state index in [9.17, 15) is 9.18 Å². The smallest absolute Gasteiger partial charge is 0.256 e. The van der Waals surface area contributed by atoms with Gasteiger partial charge < -0.3 is 4.90 Å². The van der Waals surface area contributed by atoms with Crippen LogP contribution in [0.1, 0.15) is 28.5 Å². The topological polar surface area (TPSA) is 51.0 Å². The van der Waals surface area contributed by atoms with E-state index in [1.807, 2.05) is 0 Å². The van der Waals surface area contributed by atoms with Gasteiger partial charge in [-0.2, -0.15) is 5.10 Å². The lowest BCUT2D eigenvalue weighted by Crippen LogP contribution is -2.24. The molecule has 0 unspecified atom stereocenters. The van der Waals surface area contributed by atoms with Crippen molar-refractivity contribution in [3.05, 3.63) is 82.0 Å². The molecule has 0 atom stereocenters. The van der Waals surface area contributed by atoms with Crippen LogP contribution in [0.2, 0.25) is 5.02 Å². The summed E-state index contributed by atoms with van der Waals surface area (Å²) in [6, 6.07) is 5.50. The number of rotatable bonds is 3. The van der Waals surface area contributed by atoms with Crippen LogP contribution in [-0.4, -0.2) is 25.6 Å². The van der Waals surface area contributed by atoms with Crippen LogP contribution in [0.15, 0.2) is 42.7 Å². The summed E-state index contributed by atoms with van der Waals surface area (Å²) >= 11 is 5.99. The van der Waals surface area contributed by atoms with E-state index in [-0.39, 0.29) is 33.3 Å². The van der Waals surface area contributed by atoms with Crippen LogP contribution in [-0.2, 0) is 20.0 Å². The molecule has 0 spiro atoms. The first-order valence-electron chi connectivity index (χ1n) is 11.4. The maximum absolute atomic E-state index is 15.2. The van der Waals surface area contributed by atoms with Gasteiger partial charge in [0.05, 0.1) is 38.8 Å². The molecular formula is C22H14ClF3N4O. The zero-order chi connectivity index (χ0) is 26.2. The van der Waals surface area contributed by atoms with Crippen molar-refractivity contribution in [2.45, 2.75) is 13.0 Å². The van der Waals surface area contributed by atoms with E-state index < -0.39 is 54.0 Å². The molecule has 3 heterocycles. The third kappa shape index (κ3) is 3.06. The SMILES string of the molecule is [2H]C1([2H])c2ncccc2C(=O)N1Cc1c(F)cc(-c2cc(F)c(Cl)c3c2cnn3C([2H])([2H])[2H])cc1F. The molecule has 0 radical (unpaired) electrons. The number of amides is 1. The van der Waals surface area contributed by atoms with Crippen molar-refractivity contribution in [3.8, 4) is 11.1 Å². The van der Waals surface area contributed by atoms with Crippen LogP contribution in [0.3, 0.4) is 0 Å². The average Bonchev–Trinajstić information content (AvgIpc) is 3.33. The number of aromatic nitrogens is 3. The minimum Gasteiger partial charge on any atom is -0.328 e. The van der Waals surface area contributed by atoms with Crippen LogP contribution in [0.4, 0.5) is 13.2 Å². The van der Waals surface area contributed by atoms with E-state index >= 15 is 8.78 Å². The standard InChI is InChI=1S/C22H14ClF3N4O/c1-29-21-14(8-28-29)13(7-18(26)20(21)23)11-5-16(24)15(17(25)6-11)9-30-10-19-12(22(30)31)3-2-4-27-19/h2-8H,9-10H2,1H3/i1D3,10D2. The van der Waals surface area contributed by atoms with Gasteiger partial charge in [0.25, 0.3) is 5.91 Å². The number of carbonyl (C=O) groups excluding carboxylic acids is 1. The third-order valence-corrected chi connectivity index (χ3v) is 5.40. The molecule has 156 valence electrons. The number of hydrogen-bond acceptors (Lipinski definition) is 3. The number of hydrogen-bond donors (Lipinski definition) is 0. The van der Waals surface area contributed by atoms with Crippen LogP contribution >= 0.6 is 11.6 Å². The predicted molar refractivity (Wildman–Crippen MR) is 109 cm³/mol. The molecule has 5 nitrogen and oxygen atoms in total. The van der Waals surface area contributed by atoms with E-state index in [0.717, 1.165) is 24.4 Å². The van der Waals surface area contributed by atoms with Gasteiger partial charge in [-0.25, -0.2) is 13.2 Å². The fraction of sp³-hybridized carbons (Fsp3) is 0.136. The van der Waals surface area contributed by atoms with Gasteiger partial charge in [-0.3, -0.25) is 14.5 Å². The monoisotopic (exact) mass is 447 g/mol. The summed E-state index contributed by atoms with van der Waals surface area (Å²) < 4.78 is 84.8. The molecular weight excluding hydrogens is 429 g/mol. The Bertz CT molecular complexity index is 1550. The second-order valence-corrected chi connectivity index (χ2v) is 7.24. The quantitative estimate of drug-likeness (QED) is 0.450. The van der Waals surface area contributed by atoms with Crippen LogP contribution in [0.5, 0.6) is 0 Å². The summed E-state index contributed by atoms with van der Waals surface area (Å²) in [4.78, 5) is 17.3. The van der Waals surface area contributed by atoms with Crippen molar-refractivity contribution < 1.29 is 24.8 Å². The third-order valence-electron chi connectivity index (χ3n) is 5.04. The lowest BCUT2D eigenvalue weighted by molar-refractivity contribution is 0.0763. The van der Waals surface area contributed by atoms with Gasteiger partial charge in [0, 0.05) is 28.2 Å². The lowest BCUT2D eigenvalue weighted by Gasteiger charge is -2.17. The zero-order valence-electron chi connectivity index (χ0n) is 20.5. The zero-order valence-corrected chi connectivity index (χ0v) is 16.2. The van der Waals surface area contributed by atoms with Gasteiger partial charge in [-0.05, 0) is 41.5 Å². The minimum atomic E-state index is -2.79. The predicted octanol–water partition coefficient (Wildman–Crippen LogP) is 4.86. The summed E-state index contributed by atoms with van der Waals surface area (Å²) in [6.07, 6.45) is 2.41. The number of pyridine rings is 1. The van der Waals surface area contributed by atoms with Crippen molar-refractivity contribution in [2.75, 3.05) is 0 Å². The molecule has 0 saturated carbocycles. The average molecular weight is 448 g/mol. The normalized spacial score (nSPS) is 17.7. The van der Waals surface area contributed by atoms with E-state index in [1.54, 1.807) is 0 Å². The van der Waals surface area contributed by atoms with Crippen LogP contribution < -0.4 is 0 Å². The van der Waals surface area contributed by atoms with Crippen molar-refractivity contribution in [3.63, 3.8) is 0 Å². The fourth-order valence-corrected chi connectivity index (χ4v) is 3.78. The van der Waals surface area contributed by atoms with Gasteiger partial charge in [0.2, 0.25) is 0 Å². The molecule has 2 aromatic heterocycles. The highest BCUT2D eigenvalue weighted by atomic mass is 35.5. The molecule has 0 aliphatic carbocycles. The van der Waals surface area contributed by atoms with E-state index in [2.05, 4.69) is 10.1 Å². The van der Waals surface area contributed by atoms with E-state index in [0.29, 0.717) is 9.58 Å². The number of aryl methyl sites for hydroxylation is 1. The van der Waals surface area contributed by atoms with Gasteiger partial charge in [-0.15, -0.1) is 0 Å². The first kappa shape index (κ1) is 14.6. The van der Waals surface area contributed by atoms with Crippen molar-refractivity contribution in [1.29, 1.82) is 0 Å². The van der Waals surface area contributed by atoms with Crippen molar-refractivity contribution in [2.24, 2.45) is 6.98 Å². The van der Waals surface area contributed by atoms with Gasteiger partial charge in [-0.1, -0.05) is 11.6 Å². The second kappa shape index (κ2) is 7.09. The van der Waals surface area contributed by atoms with Crippen molar-refractivity contribution >= 4 is 28.4 Å². The Morgan fingerprint density at radius 1 is 1.19 bits per heavy atom. The molecule has 0 fully saturated rings. The van der Waals surface area contributed by atoms with Crippen LogP contribution in [0.25, 0.3) is 22.0 Å². The maximum atomic E-state index is 15.2. The maximum Gasteiger partial charge on any atom is 0.256 e. The molecule has 0 bridgehead atoms. The van der Waals surface area contributed by atoms with Gasteiger partial charge >= 0.3 is 0 Å². The molecule has 5 rings (SSSR count). The molecule has 1 aliphatic heterocycles. The van der Waals surface area contributed by atoms with E-state index in [1.165, 1.54) is 18.3 Å². The molecule has 1 amide bonds. The Balaban J connectivity index is 1.59. The lowest BCUT2D eigenvalue weighted by atomic mass is 9.99. The highest BCUT2D eigenvalue weighted by Gasteiger charge is 2.30. The summed E-state index contributed by atoms with van der Waals surface area (Å²) in [5.74, 6) is -4.03. The summed E-state index contributed by atoms with van der Waals surface area (Å²) in [5, 5.41) is 3.29. The van der Waals surface area contributed by atoms with E-state index in [4.69, 9.17) is 18.5 Å². The first-order chi connectivity index (χ1) is 16.8. The number of nitrogens with zero attached hydrogens (tertiary/aromatic N) is 4. The Morgan fingerprint density at radius 3 is 2.68 bits per heavy atom. The van der Waals surface area contributed by atoms with Crippen LogP contribution in [0, 0.1) is 17.5 Å². The number of carbonyl (C=O) groups is 1. The fourth-order valence-electron chi connectivity index (χ4n) is 3.55. The second-order valence-electron chi connectivity index (χ2n) is 6.86. The molecule has 4 aromatic rings. The van der Waals surface area contributed by atoms with Gasteiger partial charge in [0.1, 0.15) is 22.5 Å². The molecule has 2 aromatic carbocycles. The Morgan fingerprint density at radius 2 is 1.97 bits per heavy atom. The highest BCUT2D eigenvalue weighted by molar-refractivity contribution is 6.35. The number of benzene rings is 2. The first-order valence-corrected chi connectivity index (χ1v) is 9.32. The van der Waals surface area contributed by atoms with Gasteiger partial charge in [0.15, 0.2) is 0 Å². The highest BCUT2D eigenvalue weighted by Crippen LogP contribution is 2.36. The summed E-state index contributed by atoms with van der Waals surface area (Å²) in [7, 11) is 0. The Hall–Kier alpha value is -3.39. The minimum absolute atomic E-state index is 0.00904. The Kier molecular flexibility index (Phi) is 3.34. The molecule has 31 heavy (non-hydrogen) atoms.